The summed E-state index contributed by atoms with van der Waals surface area (Å²) in [5.74, 6) is 1.91. The number of nitrogens with zero attached hydrogens (tertiary/aromatic N) is 1. The monoisotopic (exact) mass is 252 g/mol. The summed E-state index contributed by atoms with van der Waals surface area (Å²) < 4.78 is 6.08. The zero-order valence-electron chi connectivity index (χ0n) is 11.7. The third-order valence-corrected chi connectivity index (χ3v) is 4.78. The van der Waals surface area contributed by atoms with Crippen LogP contribution in [0.25, 0.3) is 0 Å². The molecule has 18 heavy (non-hydrogen) atoms. The highest BCUT2D eigenvalue weighted by atomic mass is 16.5. The number of rotatable bonds is 7. The van der Waals surface area contributed by atoms with Crippen LogP contribution in [0.2, 0.25) is 0 Å². The molecule has 3 unspecified atom stereocenters. The van der Waals surface area contributed by atoms with Crippen molar-refractivity contribution >= 4 is 0 Å². The Hall–Kier alpha value is -0.120. The van der Waals surface area contributed by atoms with Gasteiger partial charge >= 0.3 is 0 Å². The molecule has 0 aromatic carbocycles. The fourth-order valence-electron chi connectivity index (χ4n) is 3.26. The van der Waals surface area contributed by atoms with Crippen LogP contribution in [0, 0.1) is 11.8 Å². The third-order valence-electron chi connectivity index (χ3n) is 4.78. The molecular formula is C15H28N2O. The van der Waals surface area contributed by atoms with Crippen molar-refractivity contribution in [3.63, 3.8) is 0 Å². The van der Waals surface area contributed by atoms with E-state index in [1.54, 1.807) is 0 Å². The van der Waals surface area contributed by atoms with Crippen LogP contribution in [0.4, 0.5) is 0 Å². The molecule has 0 aromatic heterocycles. The summed E-state index contributed by atoms with van der Waals surface area (Å²) in [6.45, 7) is 5.50. The van der Waals surface area contributed by atoms with E-state index in [-0.39, 0.29) is 0 Å². The smallest absolute Gasteiger partial charge is 0.0747 e. The lowest BCUT2D eigenvalue weighted by Crippen LogP contribution is -2.50. The average Bonchev–Trinajstić information content (AvgIpc) is 3.25. The summed E-state index contributed by atoms with van der Waals surface area (Å²) in [7, 11) is 0. The molecule has 3 aliphatic rings. The Morgan fingerprint density at radius 1 is 1.06 bits per heavy atom. The Kier molecular flexibility index (Phi) is 3.92. The Labute approximate surface area is 111 Å². The van der Waals surface area contributed by atoms with E-state index < -0.39 is 0 Å². The molecular weight excluding hydrogens is 224 g/mol. The SMILES string of the molecule is CC1CCC(C(CN)N(CC2CC2)CC2CC2)O1. The lowest BCUT2D eigenvalue weighted by atomic mass is 10.0. The van der Waals surface area contributed by atoms with Crippen molar-refractivity contribution in [1.29, 1.82) is 0 Å². The molecule has 0 spiro atoms. The van der Waals surface area contributed by atoms with Gasteiger partial charge in [-0.05, 0) is 57.3 Å². The predicted octanol–water partition coefficient (Wildman–Crippen LogP) is 2.00. The summed E-state index contributed by atoms with van der Waals surface area (Å²) in [4.78, 5) is 2.68. The molecule has 3 heteroatoms. The van der Waals surface area contributed by atoms with Crippen molar-refractivity contribution in [2.24, 2.45) is 17.6 Å². The van der Waals surface area contributed by atoms with Crippen LogP contribution < -0.4 is 5.73 Å². The largest absolute Gasteiger partial charge is 0.374 e. The van der Waals surface area contributed by atoms with Gasteiger partial charge < -0.3 is 10.5 Å². The maximum atomic E-state index is 6.08. The van der Waals surface area contributed by atoms with Crippen molar-refractivity contribution in [2.75, 3.05) is 19.6 Å². The van der Waals surface area contributed by atoms with Gasteiger partial charge in [-0.25, -0.2) is 0 Å². The molecule has 3 fully saturated rings. The number of hydrogen-bond donors (Lipinski definition) is 1. The first kappa shape index (κ1) is 12.9. The minimum atomic E-state index is 0.391. The van der Waals surface area contributed by atoms with Gasteiger partial charge in [0.25, 0.3) is 0 Å². The van der Waals surface area contributed by atoms with Crippen LogP contribution in [0.3, 0.4) is 0 Å². The minimum absolute atomic E-state index is 0.391. The topological polar surface area (TPSA) is 38.5 Å². The molecule has 3 nitrogen and oxygen atoms in total. The second-order valence-electron chi connectivity index (χ2n) is 6.71. The summed E-state index contributed by atoms with van der Waals surface area (Å²) in [6.07, 6.45) is 8.97. The van der Waals surface area contributed by atoms with E-state index in [1.165, 1.54) is 51.6 Å². The zero-order valence-corrected chi connectivity index (χ0v) is 11.7. The minimum Gasteiger partial charge on any atom is -0.374 e. The highest BCUT2D eigenvalue weighted by Gasteiger charge is 2.37. The summed E-state index contributed by atoms with van der Waals surface area (Å²) in [6, 6.07) is 0.469. The van der Waals surface area contributed by atoms with Crippen molar-refractivity contribution in [1.82, 2.24) is 4.90 Å². The van der Waals surface area contributed by atoms with Gasteiger partial charge in [0.2, 0.25) is 0 Å². The van der Waals surface area contributed by atoms with Crippen LogP contribution in [0.15, 0.2) is 0 Å². The molecule has 0 amide bonds. The first-order valence-electron chi connectivity index (χ1n) is 7.86. The lowest BCUT2D eigenvalue weighted by Gasteiger charge is -2.35. The van der Waals surface area contributed by atoms with Crippen LogP contribution >= 0.6 is 0 Å². The van der Waals surface area contributed by atoms with Crippen LogP contribution in [-0.4, -0.2) is 42.8 Å². The molecule has 0 radical (unpaired) electrons. The maximum Gasteiger partial charge on any atom is 0.0747 e. The fraction of sp³-hybridized carbons (Fsp3) is 1.00. The average molecular weight is 252 g/mol. The number of hydrogen-bond acceptors (Lipinski definition) is 3. The van der Waals surface area contributed by atoms with E-state index in [0.29, 0.717) is 18.2 Å². The normalized spacial score (nSPS) is 34.2. The Morgan fingerprint density at radius 2 is 1.67 bits per heavy atom. The van der Waals surface area contributed by atoms with Gasteiger partial charge in [0.15, 0.2) is 0 Å². The van der Waals surface area contributed by atoms with E-state index in [1.807, 2.05) is 0 Å². The molecule has 0 bridgehead atoms. The highest BCUT2D eigenvalue weighted by molar-refractivity contribution is 4.91. The van der Waals surface area contributed by atoms with Crippen molar-refractivity contribution in [3.05, 3.63) is 0 Å². The molecule has 2 aliphatic carbocycles. The van der Waals surface area contributed by atoms with Crippen LogP contribution in [0.1, 0.15) is 45.4 Å². The maximum absolute atomic E-state index is 6.08. The van der Waals surface area contributed by atoms with E-state index in [0.717, 1.165) is 18.4 Å². The molecule has 1 aliphatic heterocycles. The van der Waals surface area contributed by atoms with Gasteiger partial charge in [-0.15, -0.1) is 0 Å². The van der Waals surface area contributed by atoms with Gasteiger partial charge in [0.1, 0.15) is 0 Å². The summed E-state index contributed by atoms with van der Waals surface area (Å²) >= 11 is 0. The van der Waals surface area contributed by atoms with Crippen molar-refractivity contribution in [3.8, 4) is 0 Å². The Balaban J connectivity index is 1.60. The quantitative estimate of drug-likeness (QED) is 0.753. The zero-order chi connectivity index (χ0) is 12.5. The fourth-order valence-corrected chi connectivity index (χ4v) is 3.26. The van der Waals surface area contributed by atoms with Gasteiger partial charge in [-0.2, -0.15) is 0 Å². The second-order valence-corrected chi connectivity index (χ2v) is 6.71. The van der Waals surface area contributed by atoms with E-state index in [4.69, 9.17) is 10.5 Å². The van der Waals surface area contributed by atoms with Crippen molar-refractivity contribution in [2.45, 2.75) is 63.7 Å². The first-order chi connectivity index (χ1) is 8.76. The number of nitrogens with two attached hydrogens (primary N) is 1. The Morgan fingerprint density at radius 3 is 2.06 bits per heavy atom. The van der Waals surface area contributed by atoms with Gasteiger partial charge in [-0.1, -0.05) is 0 Å². The summed E-state index contributed by atoms with van der Waals surface area (Å²) in [5.41, 5.74) is 6.07. The molecule has 3 atom stereocenters. The molecule has 2 saturated carbocycles. The molecule has 1 saturated heterocycles. The van der Waals surface area contributed by atoms with E-state index >= 15 is 0 Å². The third kappa shape index (κ3) is 3.25. The predicted molar refractivity (Wildman–Crippen MR) is 73.4 cm³/mol. The standard InChI is InChI=1S/C15H28N2O/c1-11-2-7-15(18-11)14(8-16)17(9-12-3-4-12)10-13-5-6-13/h11-15H,2-10,16H2,1H3. The van der Waals surface area contributed by atoms with Crippen molar-refractivity contribution < 1.29 is 4.74 Å². The molecule has 1 heterocycles. The molecule has 3 rings (SSSR count). The van der Waals surface area contributed by atoms with Gasteiger partial charge in [0.05, 0.1) is 12.2 Å². The van der Waals surface area contributed by atoms with Crippen LogP contribution in [0.5, 0.6) is 0 Å². The first-order valence-corrected chi connectivity index (χ1v) is 7.86. The van der Waals surface area contributed by atoms with E-state index in [2.05, 4.69) is 11.8 Å². The van der Waals surface area contributed by atoms with E-state index in [9.17, 15) is 0 Å². The summed E-state index contributed by atoms with van der Waals surface area (Å²) in [5, 5.41) is 0. The number of ether oxygens (including phenoxy) is 1. The van der Waals surface area contributed by atoms with Gasteiger partial charge in [0, 0.05) is 25.7 Å². The van der Waals surface area contributed by atoms with Gasteiger partial charge in [-0.3, -0.25) is 4.90 Å². The molecule has 0 aromatic rings. The second kappa shape index (κ2) is 5.48. The molecule has 2 N–H and O–H groups in total. The molecule has 104 valence electrons. The Bertz CT molecular complexity index is 262. The lowest BCUT2D eigenvalue weighted by molar-refractivity contribution is -0.00700. The highest BCUT2D eigenvalue weighted by Crippen LogP contribution is 2.36. The van der Waals surface area contributed by atoms with Crippen LogP contribution in [-0.2, 0) is 4.74 Å².